The van der Waals surface area contributed by atoms with E-state index in [9.17, 15) is 0 Å². The summed E-state index contributed by atoms with van der Waals surface area (Å²) >= 11 is 1.89. The molecule has 266 valence electrons. The minimum absolute atomic E-state index is 1.20. The predicted octanol–water partition coefficient (Wildman–Crippen LogP) is 16.4. The Balaban J connectivity index is 1.11. The fraction of sp³-hybridized carbons (Fsp3) is 0. The molecule has 0 amide bonds. The Morgan fingerprint density at radius 3 is 1.33 bits per heavy atom. The molecule has 0 radical (unpaired) electrons. The molecule has 57 heavy (non-hydrogen) atoms. The van der Waals surface area contributed by atoms with E-state index in [1.807, 2.05) is 11.3 Å². The second kappa shape index (κ2) is 13.9. The van der Waals surface area contributed by atoms with Gasteiger partial charge in [-0.15, -0.1) is 11.3 Å². The Labute approximate surface area is 336 Å². The Kier molecular flexibility index (Phi) is 8.12. The molecule has 0 atom stereocenters. The van der Waals surface area contributed by atoms with Gasteiger partial charge in [-0.3, -0.25) is 0 Å². The van der Waals surface area contributed by atoms with E-state index >= 15 is 0 Å². The second-order valence-corrected chi connectivity index (χ2v) is 15.9. The van der Waals surface area contributed by atoms with Crippen molar-refractivity contribution < 1.29 is 0 Å². The largest absolute Gasteiger partial charge is 0.135 e. The minimum atomic E-state index is 1.20. The van der Waals surface area contributed by atoms with E-state index in [2.05, 4.69) is 218 Å². The van der Waals surface area contributed by atoms with Gasteiger partial charge in [0.2, 0.25) is 0 Å². The van der Waals surface area contributed by atoms with Crippen LogP contribution < -0.4 is 0 Å². The van der Waals surface area contributed by atoms with Gasteiger partial charge < -0.3 is 0 Å². The van der Waals surface area contributed by atoms with Crippen LogP contribution in [0.25, 0.3) is 108 Å². The molecular formula is C56H36S. The Morgan fingerprint density at radius 1 is 0.228 bits per heavy atom. The lowest BCUT2D eigenvalue weighted by Crippen LogP contribution is -1.91. The van der Waals surface area contributed by atoms with E-state index in [1.165, 1.54) is 108 Å². The normalized spacial score (nSPS) is 11.5. The molecule has 11 rings (SSSR count). The average molecular weight is 741 g/mol. The van der Waals surface area contributed by atoms with Crippen LogP contribution in [0.3, 0.4) is 0 Å². The molecule has 0 nitrogen and oxygen atoms in total. The summed E-state index contributed by atoms with van der Waals surface area (Å²) in [5.74, 6) is 0. The number of thiophene rings is 1. The molecule has 0 saturated carbocycles. The van der Waals surface area contributed by atoms with Gasteiger partial charge in [0.25, 0.3) is 0 Å². The molecule has 1 heterocycles. The van der Waals surface area contributed by atoms with Crippen LogP contribution in [-0.2, 0) is 0 Å². The van der Waals surface area contributed by atoms with Crippen molar-refractivity contribution in [2.45, 2.75) is 0 Å². The quantitative estimate of drug-likeness (QED) is 0.149. The lowest BCUT2D eigenvalue weighted by atomic mass is 9.84. The van der Waals surface area contributed by atoms with Crippen LogP contribution >= 0.6 is 11.3 Å². The van der Waals surface area contributed by atoms with Crippen molar-refractivity contribution in [2.75, 3.05) is 0 Å². The molecular weight excluding hydrogens is 705 g/mol. The van der Waals surface area contributed by atoms with Gasteiger partial charge in [0.15, 0.2) is 0 Å². The summed E-state index contributed by atoms with van der Waals surface area (Å²) in [6.07, 6.45) is 0. The Bertz CT molecular complexity index is 3270. The van der Waals surface area contributed by atoms with Crippen LogP contribution in [0.15, 0.2) is 218 Å². The number of rotatable bonds is 6. The molecule has 11 aromatic rings. The maximum absolute atomic E-state index is 2.42. The van der Waals surface area contributed by atoms with Gasteiger partial charge in [0.05, 0.1) is 0 Å². The van der Waals surface area contributed by atoms with Gasteiger partial charge in [-0.25, -0.2) is 0 Å². The van der Waals surface area contributed by atoms with Gasteiger partial charge in [-0.1, -0.05) is 182 Å². The van der Waals surface area contributed by atoms with E-state index in [1.54, 1.807) is 0 Å². The topological polar surface area (TPSA) is 0 Å². The number of hydrogen-bond donors (Lipinski definition) is 0. The summed E-state index contributed by atoms with van der Waals surface area (Å²) in [6.45, 7) is 0. The molecule has 1 heteroatoms. The number of fused-ring (bicyclic) bond motifs is 5. The van der Waals surface area contributed by atoms with Crippen LogP contribution in [0.4, 0.5) is 0 Å². The first-order valence-electron chi connectivity index (χ1n) is 19.6. The Hall–Kier alpha value is -7.06. The van der Waals surface area contributed by atoms with E-state index in [0.29, 0.717) is 0 Å². The molecule has 0 unspecified atom stereocenters. The molecule has 10 aromatic carbocycles. The highest BCUT2D eigenvalue weighted by atomic mass is 32.1. The third kappa shape index (κ3) is 5.84. The monoisotopic (exact) mass is 740 g/mol. The lowest BCUT2D eigenvalue weighted by Gasteiger charge is -2.19. The fourth-order valence-electron chi connectivity index (χ4n) is 8.77. The van der Waals surface area contributed by atoms with E-state index in [-0.39, 0.29) is 0 Å². The SMILES string of the molecule is c1ccc(-c2cccc(-c3cc(-c4cccc(-c5ccc6c(-c7ccccc7)c7ccccc7c(-c7ccccc7)c6c5)c4)cc4c3sc3ccccc34)c2)cc1. The summed E-state index contributed by atoms with van der Waals surface area (Å²) in [7, 11) is 0. The first-order valence-corrected chi connectivity index (χ1v) is 20.4. The molecule has 0 aliphatic heterocycles. The van der Waals surface area contributed by atoms with E-state index in [4.69, 9.17) is 0 Å². The van der Waals surface area contributed by atoms with Crippen molar-refractivity contribution in [3.05, 3.63) is 218 Å². The van der Waals surface area contributed by atoms with Crippen LogP contribution in [0.1, 0.15) is 0 Å². The van der Waals surface area contributed by atoms with Crippen molar-refractivity contribution in [3.8, 4) is 66.8 Å². The molecule has 0 fully saturated rings. The maximum Gasteiger partial charge on any atom is 0.0434 e. The highest BCUT2D eigenvalue weighted by Crippen LogP contribution is 2.46. The molecule has 0 bridgehead atoms. The highest BCUT2D eigenvalue weighted by Gasteiger charge is 2.18. The summed E-state index contributed by atoms with van der Waals surface area (Å²) in [4.78, 5) is 0. The van der Waals surface area contributed by atoms with Crippen LogP contribution in [-0.4, -0.2) is 0 Å². The van der Waals surface area contributed by atoms with Crippen molar-refractivity contribution in [1.82, 2.24) is 0 Å². The van der Waals surface area contributed by atoms with Crippen molar-refractivity contribution in [3.63, 3.8) is 0 Å². The number of benzene rings is 10. The van der Waals surface area contributed by atoms with Crippen LogP contribution in [0, 0.1) is 0 Å². The average Bonchev–Trinajstić information content (AvgIpc) is 3.67. The molecule has 0 spiro atoms. The Morgan fingerprint density at radius 2 is 0.667 bits per heavy atom. The third-order valence-corrected chi connectivity index (χ3v) is 12.7. The smallest absolute Gasteiger partial charge is 0.0434 e. The van der Waals surface area contributed by atoms with Gasteiger partial charge >= 0.3 is 0 Å². The first kappa shape index (κ1) is 33.3. The minimum Gasteiger partial charge on any atom is -0.135 e. The molecule has 1 aromatic heterocycles. The zero-order chi connectivity index (χ0) is 37.7. The van der Waals surface area contributed by atoms with Gasteiger partial charge in [0, 0.05) is 25.7 Å². The summed E-state index contributed by atoms with van der Waals surface area (Å²) in [5, 5.41) is 7.66. The second-order valence-electron chi connectivity index (χ2n) is 14.8. The lowest BCUT2D eigenvalue weighted by molar-refractivity contribution is 1.59. The highest BCUT2D eigenvalue weighted by molar-refractivity contribution is 7.26. The van der Waals surface area contributed by atoms with Crippen molar-refractivity contribution >= 4 is 53.1 Å². The van der Waals surface area contributed by atoms with E-state index in [0.717, 1.165) is 0 Å². The van der Waals surface area contributed by atoms with Gasteiger partial charge in [-0.05, 0) is 119 Å². The molecule has 0 N–H and O–H groups in total. The van der Waals surface area contributed by atoms with E-state index < -0.39 is 0 Å². The summed E-state index contributed by atoms with van der Waals surface area (Å²) in [5.41, 5.74) is 14.8. The van der Waals surface area contributed by atoms with Crippen LogP contribution in [0.5, 0.6) is 0 Å². The molecule has 0 aliphatic carbocycles. The predicted molar refractivity (Wildman–Crippen MR) is 247 cm³/mol. The third-order valence-electron chi connectivity index (χ3n) is 11.4. The fourth-order valence-corrected chi connectivity index (χ4v) is 9.99. The summed E-state index contributed by atoms with van der Waals surface area (Å²) in [6, 6.07) is 80.2. The molecule has 0 aliphatic rings. The molecule has 0 saturated heterocycles. The zero-order valence-electron chi connectivity index (χ0n) is 31.2. The van der Waals surface area contributed by atoms with Crippen molar-refractivity contribution in [1.29, 1.82) is 0 Å². The standard InChI is InChI=1S/C56H36S/c1-4-16-37(17-5-1)40-22-15-25-44(33-40)50-35-45(36-52-46-26-12-13-29-53(46)57-56(50)52)42-24-14-23-41(32-42)43-30-31-49-51(34-43)55(39-20-8-3-9-21-39)48-28-11-10-27-47(48)54(49)38-18-6-2-7-19-38/h1-36H. The summed E-state index contributed by atoms with van der Waals surface area (Å²) < 4.78 is 2.64. The number of hydrogen-bond acceptors (Lipinski definition) is 1. The van der Waals surface area contributed by atoms with Gasteiger partial charge in [-0.2, -0.15) is 0 Å². The zero-order valence-corrected chi connectivity index (χ0v) is 32.0. The van der Waals surface area contributed by atoms with Gasteiger partial charge in [0.1, 0.15) is 0 Å². The van der Waals surface area contributed by atoms with Crippen LogP contribution in [0.2, 0.25) is 0 Å². The first-order chi connectivity index (χ1) is 28.3. The van der Waals surface area contributed by atoms with Crippen molar-refractivity contribution in [2.24, 2.45) is 0 Å². The maximum atomic E-state index is 2.42.